The average molecular weight is 366 g/mol. The molecule has 0 aromatic carbocycles. The zero-order valence-electron chi connectivity index (χ0n) is 15.0. The van der Waals surface area contributed by atoms with E-state index in [0.29, 0.717) is 5.56 Å². The van der Waals surface area contributed by atoms with Gasteiger partial charge < -0.3 is 8.98 Å². The third kappa shape index (κ3) is 3.07. The van der Waals surface area contributed by atoms with Gasteiger partial charge in [0.05, 0.1) is 18.0 Å². The first-order valence-electron chi connectivity index (χ1n) is 8.00. The Morgan fingerprint density at radius 1 is 1.38 bits per heavy atom. The summed E-state index contributed by atoms with van der Waals surface area (Å²) in [6.07, 6.45) is 3.03. The molecular weight excluding hydrogens is 348 g/mol. The third-order valence-electron chi connectivity index (χ3n) is 4.27. The molecule has 0 bridgehead atoms. The van der Waals surface area contributed by atoms with E-state index in [2.05, 4.69) is 21.2 Å². The zero-order chi connectivity index (χ0) is 18.8. The number of rotatable bonds is 4. The summed E-state index contributed by atoms with van der Waals surface area (Å²) in [5.74, 6) is -0.202. The fourth-order valence-electron chi connectivity index (χ4n) is 2.75. The van der Waals surface area contributed by atoms with Crippen molar-refractivity contribution in [3.63, 3.8) is 0 Å². The molecule has 1 amide bonds. The van der Waals surface area contributed by atoms with Crippen LogP contribution in [-0.2, 0) is 0 Å². The maximum atomic E-state index is 11.8. The SMILES string of the molecule is Cc1sc(-n2c(C)cc(/C=N\NC(=O)c3ccco3)c2C)c(C#N)c1C. The van der Waals surface area contributed by atoms with Gasteiger partial charge in [-0.3, -0.25) is 4.79 Å². The Morgan fingerprint density at radius 3 is 2.81 bits per heavy atom. The van der Waals surface area contributed by atoms with Crippen molar-refractivity contribution in [3.8, 4) is 11.1 Å². The van der Waals surface area contributed by atoms with E-state index < -0.39 is 5.91 Å². The largest absolute Gasteiger partial charge is 0.459 e. The molecule has 26 heavy (non-hydrogen) atoms. The van der Waals surface area contributed by atoms with Crippen LogP contribution < -0.4 is 5.43 Å². The van der Waals surface area contributed by atoms with Crippen molar-refractivity contribution in [3.05, 3.63) is 63.2 Å². The highest BCUT2D eigenvalue weighted by molar-refractivity contribution is 7.14. The summed E-state index contributed by atoms with van der Waals surface area (Å²) in [6.45, 7) is 7.94. The summed E-state index contributed by atoms with van der Waals surface area (Å²) in [5.41, 5.74) is 6.98. The second-order valence-electron chi connectivity index (χ2n) is 5.91. The van der Waals surface area contributed by atoms with Gasteiger partial charge in [-0.15, -0.1) is 11.3 Å². The van der Waals surface area contributed by atoms with E-state index in [-0.39, 0.29) is 5.76 Å². The molecule has 0 spiro atoms. The molecule has 3 heterocycles. The molecule has 132 valence electrons. The number of aromatic nitrogens is 1. The van der Waals surface area contributed by atoms with Crippen molar-refractivity contribution in [2.24, 2.45) is 5.10 Å². The highest BCUT2D eigenvalue weighted by atomic mass is 32.1. The first-order chi connectivity index (χ1) is 12.4. The molecule has 0 aliphatic rings. The molecule has 0 aliphatic heterocycles. The Hall–Kier alpha value is -3.11. The number of carbonyl (C=O) groups is 1. The smallest absolute Gasteiger partial charge is 0.307 e. The number of hydrazone groups is 1. The molecule has 0 saturated heterocycles. The molecule has 1 N–H and O–H groups in total. The van der Waals surface area contributed by atoms with E-state index in [4.69, 9.17) is 4.42 Å². The zero-order valence-corrected chi connectivity index (χ0v) is 15.8. The minimum atomic E-state index is -0.406. The van der Waals surface area contributed by atoms with Crippen LogP contribution in [0.5, 0.6) is 0 Å². The number of amides is 1. The molecular formula is C19H18N4O2S. The predicted octanol–water partition coefficient (Wildman–Crippen LogP) is 4.00. The molecule has 0 radical (unpaired) electrons. The van der Waals surface area contributed by atoms with Crippen LogP contribution in [0.15, 0.2) is 34.0 Å². The lowest BCUT2D eigenvalue weighted by molar-refractivity contribution is 0.0927. The van der Waals surface area contributed by atoms with Crippen LogP contribution >= 0.6 is 11.3 Å². The summed E-state index contributed by atoms with van der Waals surface area (Å²) < 4.78 is 7.08. The summed E-state index contributed by atoms with van der Waals surface area (Å²) in [6, 6.07) is 7.50. The Bertz CT molecular complexity index is 1030. The van der Waals surface area contributed by atoms with Crippen LogP contribution in [0.2, 0.25) is 0 Å². The molecule has 3 rings (SSSR count). The van der Waals surface area contributed by atoms with Crippen molar-refractivity contribution >= 4 is 23.5 Å². The molecule has 0 aliphatic carbocycles. The minimum Gasteiger partial charge on any atom is -0.459 e. The average Bonchev–Trinajstić information content (AvgIpc) is 3.29. The second kappa shape index (κ2) is 7.02. The van der Waals surface area contributed by atoms with Gasteiger partial charge in [-0.25, -0.2) is 5.43 Å². The lowest BCUT2D eigenvalue weighted by Crippen LogP contribution is -2.16. The van der Waals surface area contributed by atoms with Crippen LogP contribution in [-0.4, -0.2) is 16.7 Å². The van der Waals surface area contributed by atoms with E-state index in [1.807, 2.05) is 33.8 Å². The Morgan fingerprint density at radius 2 is 2.15 bits per heavy atom. The molecule has 0 saturated carbocycles. The van der Waals surface area contributed by atoms with Gasteiger partial charge in [0.15, 0.2) is 5.76 Å². The van der Waals surface area contributed by atoms with Crippen molar-refractivity contribution in [1.29, 1.82) is 5.26 Å². The first-order valence-corrected chi connectivity index (χ1v) is 8.82. The van der Waals surface area contributed by atoms with E-state index in [9.17, 15) is 10.1 Å². The first kappa shape index (κ1) is 17.7. The van der Waals surface area contributed by atoms with Gasteiger partial charge in [0.2, 0.25) is 0 Å². The number of nitrogens with one attached hydrogen (secondary N) is 1. The van der Waals surface area contributed by atoms with Crippen molar-refractivity contribution in [2.45, 2.75) is 27.7 Å². The monoisotopic (exact) mass is 366 g/mol. The fourth-order valence-corrected chi connectivity index (χ4v) is 3.97. The summed E-state index contributed by atoms with van der Waals surface area (Å²) in [7, 11) is 0. The molecule has 0 fully saturated rings. The highest BCUT2D eigenvalue weighted by Crippen LogP contribution is 2.33. The lowest BCUT2D eigenvalue weighted by atomic mass is 10.2. The normalized spacial score (nSPS) is 11.0. The van der Waals surface area contributed by atoms with Gasteiger partial charge in [-0.2, -0.15) is 10.4 Å². The number of hydrogen-bond acceptors (Lipinski definition) is 5. The molecule has 3 aromatic rings. The summed E-state index contributed by atoms with van der Waals surface area (Å²) in [4.78, 5) is 13.0. The number of hydrogen-bond donors (Lipinski definition) is 1. The van der Waals surface area contributed by atoms with Crippen molar-refractivity contribution in [2.75, 3.05) is 0 Å². The summed E-state index contributed by atoms with van der Waals surface area (Å²) in [5, 5.41) is 14.4. The van der Waals surface area contributed by atoms with Crippen LogP contribution in [0.4, 0.5) is 0 Å². The molecule has 6 nitrogen and oxygen atoms in total. The van der Waals surface area contributed by atoms with Gasteiger partial charge in [0.1, 0.15) is 11.1 Å². The quantitative estimate of drug-likeness (QED) is 0.559. The molecule has 0 unspecified atom stereocenters. The van der Waals surface area contributed by atoms with Crippen LogP contribution in [0.3, 0.4) is 0 Å². The molecule has 3 aromatic heterocycles. The van der Waals surface area contributed by atoms with Crippen molar-refractivity contribution < 1.29 is 9.21 Å². The summed E-state index contributed by atoms with van der Waals surface area (Å²) >= 11 is 1.60. The maximum Gasteiger partial charge on any atom is 0.307 e. The number of furan rings is 1. The molecule has 7 heteroatoms. The van der Waals surface area contributed by atoms with Crippen molar-refractivity contribution in [1.82, 2.24) is 9.99 Å². The van der Waals surface area contributed by atoms with Gasteiger partial charge in [0, 0.05) is 21.8 Å². The second-order valence-corrected chi connectivity index (χ2v) is 7.12. The van der Waals surface area contributed by atoms with E-state index in [1.165, 1.54) is 6.26 Å². The Labute approximate surface area is 155 Å². The maximum absolute atomic E-state index is 11.8. The highest BCUT2D eigenvalue weighted by Gasteiger charge is 2.18. The van der Waals surface area contributed by atoms with Crippen LogP contribution in [0, 0.1) is 39.0 Å². The van der Waals surface area contributed by atoms with Gasteiger partial charge >= 0.3 is 5.91 Å². The topological polar surface area (TPSA) is 83.3 Å². The van der Waals surface area contributed by atoms with E-state index in [0.717, 1.165) is 32.4 Å². The standard InChI is InChI=1S/C19H18N4O2S/c1-11-8-15(10-21-22-18(24)17-6-5-7-25-17)13(3)23(11)19-16(9-20)12(2)14(4)26-19/h5-8,10H,1-4H3,(H,22,24)/b21-10-. The van der Waals surface area contributed by atoms with Crippen LogP contribution in [0.25, 0.3) is 5.00 Å². The number of nitrogens with zero attached hydrogens (tertiary/aromatic N) is 3. The van der Waals surface area contributed by atoms with E-state index >= 15 is 0 Å². The van der Waals surface area contributed by atoms with Crippen LogP contribution in [0.1, 0.15) is 43.5 Å². The number of nitriles is 1. The number of aryl methyl sites for hydroxylation is 2. The predicted molar refractivity (Wildman–Crippen MR) is 101 cm³/mol. The lowest BCUT2D eigenvalue weighted by Gasteiger charge is -2.07. The minimum absolute atomic E-state index is 0.204. The van der Waals surface area contributed by atoms with Gasteiger partial charge in [0.25, 0.3) is 0 Å². The number of thiophene rings is 1. The molecule has 0 atom stereocenters. The Balaban J connectivity index is 1.90. The third-order valence-corrected chi connectivity index (χ3v) is 5.46. The van der Waals surface area contributed by atoms with Gasteiger partial charge in [-0.1, -0.05) is 0 Å². The number of carbonyl (C=O) groups excluding carboxylic acids is 1. The van der Waals surface area contributed by atoms with E-state index in [1.54, 1.807) is 29.7 Å². The van der Waals surface area contributed by atoms with Gasteiger partial charge in [-0.05, 0) is 51.5 Å². The fraction of sp³-hybridized carbons (Fsp3) is 0.211. The Kier molecular flexibility index (Phi) is 4.78.